The molecule has 0 aromatic heterocycles. The van der Waals surface area contributed by atoms with Crippen LogP contribution >= 0.6 is 0 Å². The van der Waals surface area contributed by atoms with Crippen LogP contribution in [-0.4, -0.2) is 61.4 Å². The second-order valence-corrected chi connectivity index (χ2v) is 16.2. The highest BCUT2D eigenvalue weighted by molar-refractivity contribution is 5.71. The summed E-state index contributed by atoms with van der Waals surface area (Å²) in [5, 5.41) is 0. The predicted octanol–water partition coefficient (Wildman–Crippen LogP) is 14.0. The molecule has 0 aliphatic heterocycles. The van der Waals surface area contributed by atoms with Gasteiger partial charge in [-0.3, -0.25) is 0 Å². The first-order valence-electron chi connectivity index (χ1n) is 23.1. The Labute approximate surface area is 348 Å². The third kappa shape index (κ3) is 20.7. The second kappa shape index (κ2) is 30.6. The van der Waals surface area contributed by atoms with Gasteiger partial charge >= 0.3 is 12.2 Å². The average Bonchev–Trinajstić information content (AvgIpc) is 3.23. The highest BCUT2D eigenvalue weighted by Gasteiger charge is 2.25. The molecular formula is C49H82N2O6. The van der Waals surface area contributed by atoms with Crippen LogP contribution in [0.5, 0.6) is 23.0 Å². The van der Waals surface area contributed by atoms with Crippen LogP contribution in [0, 0.1) is 23.7 Å². The van der Waals surface area contributed by atoms with E-state index >= 15 is 0 Å². The van der Waals surface area contributed by atoms with Crippen LogP contribution < -0.4 is 18.9 Å². The van der Waals surface area contributed by atoms with Crippen LogP contribution in [0.4, 0.5) is 9.59 Å². The molecule has 57 heavy (non-hydrogen) atoms. The van der Waals surface area contributed by atoms with Crippen molar-refractivity contribution in [3.05, 3.63) is 48.5 Å². The van der Waals surface area contributed by atoms with Crippen LogP contribution in [0.25, 0.3) is 0 Å². The molecule has 2 rings (SSSR count). The Morgan fingerprint density at radius 1 is 0.421 bits per heavy atom. The molecule has 4 unspecified atom stereocenters. The molecule has 2 aromatic carbocycles. The maximum absolute atomic E-state index is 13.5. The fraction of sp³-hybridized carbons (Fsp3) is 0.714. The van der Waals surface area contributed by atoms with E-state index in [1.807, 2.05) is 58.3 Å². The monoisotopic (exact) mass is 795 g/mol. The molecule has 8 heteroatoms. The SMILES string of the molecule is CCCCC(CC)CN(CC(CC)CCCC)C(=O)Oc1ccc(OCCCOc2ccc(OC(=O)N(CC(CC)CCCC)CC(CC)CCCC)cc2)cc1. The topological polar surface area (TPSA) is 77.5 Å². The molecule has 4 atom stereocenters. The second-order valence-electron chi connectivity index (χ2n) is 16.2. The number of rotatable bonds is 32. The number of carbonyl (C=O) groups is 2. The molecule has 324 valence electrons. The zero-order valence-corrected chi connectivity index (χ0v) is 37.5. The first kappa shape index (κ1) is 49.7. The summed E-state index contributed by atoms with van der Waals surface area (Å²) in [5.41, 5.74) is 0. The molecule has 8 nitrogen and oxygen atoms in total. The van der Waals surface area contributed by atoms with Gasteiger partial charge in [-0.2, -0.15) is 0 Å². The number of amides is 2. The van der Waals surface area contributed by atoms with E-state index in [-0.39, 0.29) is 12.2 Å². The van der Waals surface area contributed by atoms with E-state index in [4.69, 9.17) is 18.9 Å². The van der Waals surface area contributed by atoms with Gasteiger partial charge in [-0.1, -0.05) is 132 Å². The molecule has 2 aromatic rings. The molecule has 0 saturated carbocycles. The van der Waals surface area contributed by atoms with Crippen LogP contribution in [0.3, 0.4) is 0 Å². The molecule has 0 radical (unpaired) electrons. The number of nitrogens with zero attached hydrogens (tertiary/aromatic N) is 2. The van der Waals surface area contributed by atoms with Crippen LogP contribution in [0.1, 0.15) is 165 Å². The zero-order chi connectivity index (χ0) is 41.7. The zero-order valence-electron chi connectivity index (χ0n) is 37.5. The summed E-state index contributed by atoms with van der Waals surface area (Å²) in [6.07, 6.45) is 18.4. The maximum Gasteiger partial charge on any atom is 0.415 e. The highest BCUT2D eigenvalue weighted by Crippen LogP contribution is 2.25. The van der Waals surface area contributed by atoms with Crippen molar-refractivity contribution in [2.75, 3.05) is 39.4 Å². The lowest BCUT2D eigenvalue weighted by atomic mass is 9.96. The Morgan fingerprint density at radius 2 is 0.684 bits per heavy atom. The first-order valence-corrected chi connectivity index (χ1v) is 23.1. The number of benzene rings is 2. The molecule has 2 amide bonds. The molecule has 0 N–H and O–H groups in total. The van der Waals surface area contributed by atoms with Gasteiger partial charge in [0.05, 0.1) is 13.2 Å². The van der Waals surface area contributed by atoms with E-state index in [2.05, 4.69) is 55.4 Å². The third-order valence-corrected chi connectivity index (χ3v) is 11.5. The van der Waals surface area contributed by atoms with Crippen molar-refractivity contribution in [1.82, 2.24) is 9.80 Å². The van der Waals surface area contributed by atoms with Gasteiger partial charge in [-0.25, -0.2) is 9.59 Å². The fourth-order valence-electron chi connectivity index (χ4n) is 7.34. The minimum Gasteiger partial charge on any atom is -0.493 e. The van der Waals surface area contributed by atoms with Crippen molar-refractivity contribution in [1.29, 1.82) is 0 Å². The number of carbonyl (C=O) groups excluding carboxylic acids is 2. The molecular weight excluding hydrogens is 713 g/mol. The molecule has 0 bridgehead atoms. The van der Waals surface area contributed by atoms with Crippen molar-refractivity contribution in [2.45, 2.75) is 165 Å². The van der Waals surface area contributed by atoms with E-state index in [0.29, 0.717) is 66.3 Å². The van der Waals surface area contributed by atoms with Gasteiger partial charge < -0.3 is 28.7 Å². The van der Waals surface area contributed by atoms with E-state index in [9.17, 15) is 9.59 Å². The largest absolute Gasteiger partial charge is 0.493 e. The molecule has 0 aliphatic carbocycles. The Kier molecular flexibility index (Phi) is 26.7. The minimum absolute atomic E-state index is 0.260. The normalized spacial score (nSPS) is 13.3. The van der Waals surface area contributed by atoms with Crippen molar-refractivity contribution in [3.8, 4) is 23.0 Å². The van der Waals surface area contributed by atoms with Gasteiger partial charge in [-0.05, 0) is 97.9 Å². The summed E-state index contributed by atoms with van der Waals surface area (Å²) in [7, 11) is 0. The van der Waals surface area contributed by atoms with Crippen molar-refractivity contribution in [2.24, 2.45) is 23.7 Å². The van der Waals surface area contributed by atoms with E-state index < -0.39 is 0 Å². The van der Waals surface area contributed by atoms with Crippen molar-refractivity contribution in [3.63, 3.8) is 0 Å². The van der Waals surface area contributed by atoms with E-state index in [0.717, 1.165) is 77.5 Å². The number of hydrogen-bond acceptors (Lipinski definition) is 6. The summed E-state index contributed by atoms with van der Waals surface area (Å²) in [5.74, 6) is 4.43. The van der Waals surface area contributed by atoms with Crippen LogP contribution in [-0.2, 0) is 0 Å². The quantitative estimate of drug-likeness (QED) is 0.0687. The van der Waals surface area contributed by atoms with Gasteiger partial charge in [0.2, 0.25) is 0 Å². The average molecular weight is 795 g/mol. The van der Waals surface area contributed by atoms with Crippen molar-refractivity contribution < 1.29 is 28.5 Å². The lowest BCUT2D eigenvalue weighted by Gasteiger charge is -2.30. The Balaban J connectivity index is 1.88. The third-order valence-electron chi connectivity index (χ3n) is 11.5. The summed E-state index contributed by atoms with van der Waals surface area (Å²) in [6, 6.07) is 14.6. The Hall–Kier alpha value is -3.42. The van der Waals surface area contributed by atoms with Gasteiger partial charge in [0.15, 0.2) is 0 Å². The van der Waals surface area contributed by atoms with Gasteiger partial charge in [-0.15, -0.1) is 0 Å². The Bertz CT molecular complexity index is 1170. The molecule has 0 spiro atoms. The van der Waals surface area contributed by atoms with Gasteiger partial charge in [0, 0.05) is 32.6 Å². The van der Waals surface area contributed by atoms with Gasteiger partial charge in [0.25, 0.3) is 0 Å². The lowest BCUT2D eigenvalue weighted by Crippen LogP contribution is -2.40. The molecule has 0 fully saturated rings. The number of unbranched alkanes of at least 4 members (excludes halogenated alkanes) is 4. The predicted molar refractivity (Wildman–Crippen MR) is 237 cm³/mol. The lowest BCUT2D eigenvalue weighted by molar-refractivity contribution is 0.129. The van der Waals surface area contributed by atoms with Crippen LogP contribution in [0.15, 0.2) is 48.5 Å². The first-order chi connectivity index (χ1) is 27.7. The smallest absolute Gasteiger partial charge is 0.415 e. The summed E-state index contributed by atoms with van der Waals surface area (Å²) in [4.78, 5) is 30.9. The fourth-order valence-corrected chi connectivity index (χ4v) is 7.34. The number of hydrogen-bond donors (Lipinski definition) is 0. The summed E-state index contributed by atoms with van der Waals surface area (Å²) in [6.45, 7) is 21.7. The maximum atomic E-state index is 13.5. The molecule has 0 heterocycles. The standard InChI is InChI=1S/C49H82N2O6/c1-9-17-22-40(13-5)36-50(37-41(14-6)23-18-10-2)48(52)56-46-30-26-44(27-31-46)54-34-21-35-55-45-28-32-47(33-29-45)57-49(53)51(38-42(15-7)24-19-11-3)39-43(16-8)25-20-12-4/h26-33,40-43H,9-25,34-39H2,1-8H3. The van der Waals surface area contributed by atoms with E-state index in [1.54, 1.807) is 0 Å². The molecule has 0 saturated heterocycles. The molecule has 0 aliphatic rings. The highest BCUT2D eigenvalue weighted by atomic mass is 16.6. The minimum atomic E-state index is -0.260. The van der Waals surface area contributed by atoms with Gasteiger partial charge in [0.1, 0.15) is 23.0 Å². The van der Waals surface area contributed by atoms with E-state index in [1.165, 1.54) is 51.4 Å². The number of ether oxygens (including phenoxy) is 4. The van der Waals surface area contributed by atoms with Crippen molar-refractivity contribution >= 4 is 12.2 Å². The Morgan fingerprint density at radius 3 is 0.930 bits per heavy atom. The van der Waals surface area contributed by atoms with Crippen LogP contribution in [0.2, 0.25) is 0 Å². The summed E-state index contributed by atoms with van der Waals surface area (Å²) >= 11 is 0. The summed E-state index contributed by atoms with van der Waals surface area (Å²) < 4.78 is 23.8.